The van der Waals surface area contributed by atoms with Gasteiger partial charge in [-0.05, 0) is 91.1 Å². The van der Waals surface area contributed by atoms with E-state index in [1.165, 1.54) is 5.56 Å². The number of rotatable bonds is 6. The van der Waals surface area contributed by atoms with Gasteiger partial charge < -0.3 is 25.8 Å². The number of nitrogens with one attached hydrogen (secondary N) is 1. The molecule has 0 spiro atoms. The van der Waals surface area contributed by atoms with Crippen LogP contribution in [-0.4, -0.2) is 41.7 Å². The number of ether oxygens (including phenoxy) is 1. The molecule has 0 bridgehead atoms. The standard InChI is InChI=1S/C33H34N4O4S/c1-19-14-21(18-34)15-20(2)29(19)36-32(38)25-16-26-27(41-12-8-22-9-13-42-31(22)26)17-24(25)23-6-7-28(35-30(23)33(39)40)37-10-4-3-5-11-37/h6-7,9,13-17H,3-5,8,10-12,18,34H2,1-2H3,(H,36,38)(H,39,40). The maximum Gasteiger partial charge on any atom is 0.355 e. The maximum absolute atomic E-state index is 14.1. The van der Waals surface area contributed by atoms with Crippen LogP contribution in [0, 0.1) is 13.8 Å². The Bertz CT molecular complexity index is 1670. The fourth-order valence-electron chi connectivity index (χ4n) is 6.00. The summed E-state index contributed by atoms with van der Waals surface area (Å²) in [6.07, 6.45) is 4.01. The van der Waals surface area contributed by atoms with E-state index in [-0.39, 0.29) is 11.6 Å². The zero-order chi connectivity index (χ0) is 29.4. The summed E-state index contributed by atoms with van der Waals surface area (Å²) >= 11 is 1.61. The molecule has 4 N–H and O–H groups in total. The minimum Gasteiger partial charge on any atom is -0.493 e. The normalized spacial score (nSPS) is 14.4. The second-order valence-electron chi connectivity index (χ2n) is 10.9. The van der Waals surface area contributed by atoms with Gasteiger partial charge in [0.05, 0.1) is 6.61 Å². The highest BCUT2D eigenvalue weighted by Crippen LogP contribution is 2.43. The second kappa shape index (κ2) is 11.6. The van der Waals surface area contributed by atoms with Gasteiger partial charge in [-0.1, -0.05) is 12.1 Å². The number of carbonyl (C=O) groups excluding carboxylic acids is 1. The summed E-state index contributed by atoms with van der Waals surface area (Å²) in [6.45, 7) is 6.47. The van der Waals surface area contributed by atoms with E-state index in [2.05, 4.69) is 21.3 Å². The zero-order valence-corrected chi connectivity index (χ0v) is 24.6. The predicted molar refractivity (Wildman–Crippen MR) is 167 cm³/mol. The predicted octanol–water partition coefficient (Wildman–Crippen LogP) is 6.43. The molecule has 4 aromatic rings. The highest BCUT2D eigenvalue weighted by molar-refractivity contribution is 7.13. The second-order valence-corrected chi connectivity index (χ2v) is 11.9. The van der Waals surface area contributed by atoms with Crippen molar-refractivity contribution in [2.24, 2.45) is 5.73 Å². The van der Waals surface area contributed by atoms with Crippen molar-refractivity contribution in [1.29, 1.82) is 0 Å². The number of carbonyl (C=O) groups is 2. The Morgan fingerprint density at radius 3 is 2.50 bits per heavy atom. The molecular weight excluding hydrogens is 548 g/mol. The highest BCUT2D eigenvalue weighted by Gasteiger charge is 2.27. The molecule has 2 aromatic heterocycles. The first-order valence-electron chi connectivity index (χ1n) is 14.3. The molecule has 0 radical (unpaired) electrons. The molecule has 0 aliphatic carbocycles. The molecule has 42 heavy (non-hydrogen) atoms. The molecule has 1 saturated heterocycles. The number of anilines is 2. The number of aromatic carboxylic acids is 1. The molecule has 2 aromatic carbocycles. The Labute approximate surface area is 249 Å². The summed E-state index contributed by atoms with van der Waals surface area (Å²) in [5, 5.41) is 15.5. The number of piperidine rings is 1. The van der Waals surface area contributed by atoms with Crippen LogP contribution in [-0.2, 0) is 13.0 Å². The van der Waals surface area contributed by atoms with Crippen LogP contribution in [0.2, 0.25) is 0 Å². The van der Waals surface area contributed by atoms with Gasteiger partial charge >= 0.3 is 5.97 Å². The largest absolute Gasteiger partial charge is 0.493 e. The van der Waals surface area contributed by atoms with Gasteiger partial charge in [-0.2, -0.15) is 0 Å². The van der Waals surface area contributed by atoms with E-state index >= 15 is 0 Å². The van der Waals surface area contributed by atoms with Crippen molar-refractivity contribution in [2.45, 2.75) is 46.1 Å². The smallest absolute Gasteiger partial charge is 0.355 e. The maximum atomic E-state index is 14.1. The SMILES string of the molecule is Cc1cc(CN)cc(C)c1NC(=O)c1cc2c(cc1-c1ccc(N3CCCCC3)nc1C(=O)O)OCCc1ccsc1-2. The molecule has 0 unspecified atom stereocenters. The molecule has 9 heteroatoms. The van der Waals surface area contributed by atoms with Crippen LogP contribution in [0.5, 0.6) is 5.75 Å². The van der Waals surface area contributed by atoms with Gasteiger partial charge in [0, 0.05) is 58.9 Å². The molecule has 2 aliphatic rings. The Balaban J connectivity index is 1.51. The first kappa shape index (κ1) is 27.9. The van der Waals surface area contributed by atoms with E-state index in [4.69, 9.17) is 10.5 Å². The number of fused-ring (bicyclic) bond motifs is 3. The lowest BCUT2D eigenvalue weighted by Gasteiger charge is -2.28. The lowest BCUT2D eigenvalue weighted by molar-refractivity contribution is 0.0691. The van der Waals surface area contributed by atoms with Crippen molar-refractivity contribution in [3.05, 3.63) is 81.4 Å². The number of hydrogen-bond donors (Lipinski definition) is 3. The zero-order valence-electron chi connectivity index (χ0n) is 23.8. The number of nitrogens with zero attached hydrogens (tertiary/aromatic N) is 2. The van der Waals surface area contributed by atoms with Crippen LogP contribution in [0.25, 0.3) is 21.6 Å². The minimum absolute atomic E-state index is 0.0860. The number of aryl methyl sites for hydroxylation is 2. The highest BCUT2D eigenvalue weighted by atomic mass is 32.1. The number of carboxylic acid groups (broad SMARTS) is 1. The number of thiophene rings is 1. The van der Waals surface area contributed by atoms with E-state index in [9.17, 15) is 14.7 Å². The first-order chi connectivity index (χ1) is 20.3. The summed E-state index contributed by atoms with van der Waals surface area (Å²) in [5.41, 5.74) is 12.5. The Morgan fingerprint density at radius 1 is 1.02 bits per heavy atom. The van der Waals surface area contributed by atoms with Gasteiger partial charge in [-0.25, -0.2) is 9.78 Å². The van der Waals surface area contributed by atoms with Crippen molar-refractivity contribution in [3.63, 3.8) is 0 Å². The van der Waals surface area contributed by atoms with E-state index in [0.717, 1.165) is 65.9 Å². The average Bonchev–Trinajstić information content (AvgIpc) is 3.40. The van der Waals surface area contributed by atoms with Gasteiger partial charge in [0.15, 0.2) is 5.69 Å². The van der Waals surface area contributed by atoms with Crippen LogP contribution in [0.1, 0.15) is 62.4 Å². The van der Waals surface area contributed by atoms with E-state index in [0.29, 0.717) is 47.1 Å². The molecule has 8 nitrogen and oxygen atoms in total. The summed E-state index contributed by atoms with van der Waals surface area (Å²) in [4.78, 5) is 34.5. The summed E-state index contributed by atoms with van der Waals surface area (Å²) in [7, 11) is 0. The van der Waals surface area contributed by atoms with E-state index in [1.807, 2.05) is 43.5 Å². The van der Waals surface area contributed by atoms with Crippen molar-refractivity contribution >= 4 is 34.7 Å². The number of amides is 1. The summed E-state index contributed by atoms with van der Waals surface area (Å²) < 4.78 is 6.17. The van der Waals surface area contributed by atoms with Gasteiger partial charge in [-0.15, -0.1) is 11.3 Å². The molecular formula is C33H34N4O4S. The number of nitrogens with two attached hydrogens (primary N) is 1. The minimum atomic E-state index is -1.14. The van der Waals surface area contributed by atoms with E-state index < -0.39 is 5.97 Å². The van der Waals surface area contributed by atoms with Crippen LogP contribution in [0.4, 0.5) is 11.5 Å². The third-order valence-corrected chi connectivity index (χ3v) is 9.09. The van der Waals surface area contributed by atoms with Gasteiger partial charge in [-0.3, -0.25) is 4.79 Å². The molecule has 6 rings (SSSR count). The quantitative estimate of drug-likeness (QED) is 0.240. The average molecular weight is 583 g/mol. The number of carboxylic acids is 1. The molecule has 0 atom stereocenters. The van der Waals surface area contributed by atoms with Crippen molar-refractivity contribution in [1.82, 2.24) is 4.98 Å². The lowest BCUT2D eigenvalue weighted by Crippen LogP contribution is -2.30. The lowest BCUT2D eigenvalue weighted by atomic mass is 9.93. The van der Waals surface area contributed by atoms with Crippen LogP contribution < -0.4 is 20.7 Å². The molecule has 1 fully saturated rings. The first-order valence-corrected chi connectivity index (χ1v) is 15.2. The molecule has 0 saturated carbocycles. The van der Waals surface area contributed by atoms with Gasteiger partial charge in [0.1, 0.15) is 11.6 Å². The molecule has 1 amide bonds. The molecule has 2 aliphatic heterocycles. The number of hydrogen-bond acceptors (Lipinski definition) is 7. The van der Waals surface area contributed by atoms with Crippen LogP contribution in [0.15, 0.2) is 47.8 Å². The Kier molecular flexibility index (Phi) is 7.70. The fourth-order valence-corrected chi connectivity index (χ4v) is 6.98. The molecule has 216 valence electrons. The molecule has 4 heterocycles. The number of benzene rings is 2. The topological polar surface area (TPSA) is 118 Å². The number of pyridine rings is 1. The monoisotopic (exact) mass is 582 g/mol. The summed E-state index contributed by atoms with van der Waals surface area (Å²) in [6, 6.07) is 13.3. The van der Waals surface area contributed by atoms with E-state index in [1.54, 1.807) is 23.5 Å². The van der Waals surface area contributed by atoms with Crippen molar-refractivity contribution in [3.8, 4) is 27.3 Å². The fraction of sp³-hybridized carbons (Fsp3) is 0.303. The third-order valence-electron chi connectivity index (χ3n) is 8.10. The number of aromatic nitrogens is 1. The van der Waals surface area contributed by atoms with Crippen LogP contribution in [0.3, 0.4) is 0 Å². The van der Waals surface area contributed by atoms with Crippen molar-refractivity contribution < 1.29 is 19.4 Å². The van der Waals surface area contributed by atoms with Gasteiger partial charge in [0.2, 0.25) is 0 Å². The summed E-state index contributed by atoms with van der Waals surface area (Å²) in [5.74, 6) is -0.213. The Morgan fingerprint density at radius 2 is 1.79 bits per heavy atom. The van der Waals surface area contributed by atoms with Crippen molar-refractivity contribution in [2.75, 3.05) is 29.9 Å². The Hall–Kier alpha value is -4.21. The van der Waals surface area contributed by atoms with Gasteiger partial charge in [0.25, 0.3) is 5.91 Å². The van der Waals surface area contributed by atoms with Crippen LogP contribution >= 0.6 is 11.3 Å². The third kappa shape index (κ3) is 5.26.